The average molecular weight is 344 g/mol. The lowest BCUT2D eigenvalue weighted by molar-refractivity contribution is 0.0955. The summed E-state index contributed by atoms with van der Waals surface area (Å²) in [6, 6.07) is 4.77. The van der Waals surface area contributed by atoms with Crippen LogP contribution in [-0.4, -0.2) is 47.4 Å². The molecule has 0 aliphatic rings. The van der Waals surface area contributed by atoms with E-state index in [0.717, 1.165) is 0 Å². The minimum atomic E-state index is -3.39. The highest BCUT2D eigenvalue weighted by Crippen LogP contribution is 2.22. The van der Waals surface area contributed by atoms with E-state index in [1.54, 1.807) is 18.2 Å². The Kier molecular flexibility index (Phi) is 7.31. The monoisotopic (exact) mass is 344 g/mol. The number of ether oxygens (including phenoxy) is 2. The van der Waals surface area contributed by atoms with E-state index in [-0.39, 0.29) is 24.1 Å². The maximum Gasteiger partial charge on any atom is 0.251 e. The summed E-state index contributed by atoms with van der Waals surface area (Å²) in [6.45, 7) is 4.23. The SMILES string of the molecule is COc1cc(OC)cc(C(=O)NCCS(=O)(=O)NCC(C)C)c1. The van der Waals surface area contributed by atoms with Crippen LogP contribution in [0.3, 0.4) is 0 Å². The molecule has 1 aromatic carbocycles. The van der Waals surface area contributed by atoms with Crippen molar-refractivity contribution < 1.29 is 22.7 Å². The summed E-state index contributed by atoms with van der Waals surface area (Å²) in [5.41, 5.74) is 0.341. The predicted molar refractivity (Wildman–Crippen MR) is 88.5 cm³/mol. The smallest absolute Gasteiger partial charge is 0.251 e. The fourth-order valence-corrected chi connectivity index (χ4v) is 2.81. The van der Waals surface area contributed by atoms with Gasteiger partial charge in [-0.15, -0.1) is 0 Å². The molecule has 0 saturated heterocycles. The van der Waals surface area contributed by atoms with Gasteiger partial charge in [-0.25, -0.2) is 13.1 Å². The number of hydrogen-bond acceptors (Lipinski definition) is 5. The van der Waals surface area contributed by atoms with Crippen LogP contribution in [0.1, 0.15) is 24.2 Å². The Morgan fingerprint density at radius 1 is 1.13 bits per heavy atom. The van der Waals surface area contributed by atoms with Crippen molar-refractivity contribution in [3.63, 3.8) is 0 Å². The van der Waals surface area contributed by atoms with E-state index in [9.17, 15) is 13.2 Å². The predicted octanol–water partition coefficient (Wildman–Crippen LogP) is 1.01. The Morgan fingerprint density at radius 2 is 1.70 bits per heavy atom. The minimum Gasteiger partial charge on any atom is -0.497 e. The van der Waals surface area contributed by atoms with E-state index in [1.165, 1.54) is 14.2 Å². The van der Waals surface area contributed by atoms with Gasteiger partial charge >= 0.3 is 0 Å². The molecular formula is C15H24N2O5S. The topological polar surface area (TPSA) is 93.7 Å². The number of amides is 1. The van der Waals surface area contributed by atoms with Crippen molar-refractivity contribution >= 4 is 15.9 Å². The maximum atomic E-state index is 12.1. The standard InChI is InChI=1S/C15H24N2O5S/c1-11(2)10-17-23(19,20)6-5-16-15(18)12-7-13(21-3)9-14(8-12)22-4/h7-9,11,17H,5-6,10H2,1-4H3,(H,16,18). The Labute approximate surface area is 137 Å². The summed E-state index contributed by atoms with van der Waals surface area (Å²) in [7, 11) is -0.415. The minimum absolute atomic E-state index is 0.0196. The molecular weight excluding hydrogens is 320 g/mol. The van der Waals surface area contributed by atoms with Gasteiger partial charge in [0, 0.05) is 24.7 Å². The summed E-state index contributed by atoms with van der Waals surface area (Å²) in [6.07, 6.45) is 0. The molecule has 0 spiro atoms. The van der Waals surface area contributed by atoms with Gasteiger partial charge < -0.3 is 14.8 Å². The molecule has 8 heteroatoms. The van der Waals surface area contributed by atoms with Gasteiger partial charge in [0.1, 0.15) is 11.5 Å². The molecule has 0 aromatic heterocycles. The summed E-state index contributed by atoms with van der Waals surface area (Å²) in [4.78, 5) is 12.1. The fraction of sp³-hybridized carbons (Fsp3) is 0.533. The maximum absolute atomic E-state index is 12.1. The van der Waals surface area contributed by atoms with Gasteiger partial charge in [-0.05, 0) is 18.1 Å². The number of methoxy groups -OCH3 is 2. The summed E-state index contributed by atoms with van der Waals surface area (Å²) in [5, 5.41) is 2.58. The van der Waals surface area contributed by atoms with Crippen LogP contribution in [0.5, 0.6) is 11.5 Å². The zero-order valence-corrected chi connectivity index (χ0v) is 14.7. The van der Waals surface area contributed by atoms with Gasteiger partial charge in [0.15, 0.2) is 0 Å². The van der Waals surface area contributed by atoms with Gasteiger partial charge in [-0.2, -0.15) is 0 Å². The van der Waals surface area contributed by atoms with Crippen molar-refractivity contribution in [3.8, 4) is 11.5 Å². The zero-order chi connectivity index (χ0) is 17.5. The highest BCUT2D eigenvalue weighted by molar-refractivity contribution is 7.89. The first-order valence-electron chi connectivity index (χ1n) is 7.26. The van der Waals surface area contributed by atoms with Crippen molar-refractivity contribution in [1.82, 2.24) is 10.0 Å². The molecule has 23 heavy (non-hydrogen) atoms. The molecule has 0 saturated carbocycles. The van der Waals surface area contributed by atoms with E-state index >= 15 is 0 Å². The third-order valence-electron chi connectivity index (χ3n) is 2.98. The largest absolute Gasteiger partial charge is 0.497 e. The van der Waals surface area contributed by atoms with Crippen molar-refractivity contribution in [3.05, 3.63) is 23.8 Å². The molecule has 7 nitrogen and oxygen atoms in total. The molecule has 0 bridgehead atoms. The third kappa shape index (κ3) is 6.87. The molecule has 1 amide bonds. The van der Waals surface area contributed by atoms with Gasteiger partial charge in [-0.1, -0.05) is 13.8 Å². The van der Waals surface area contributed by atoms with Gasteiger partial charge in [0.05, 0.1) is 20.0 Å². The van der Waals surface area contributed by atoms with Crippen LogP contribution in [-0.2, 0) is 10.0 Å². The fourth-order valence-electron chi connectivity index (χ4n) is 1.71. The molecule has 0 radical (unpaired) electrons. The highest BCUT2D eigenvalue weighted by Gasteiger charge is 2.13. The molecule has 0 unspecified atom stereocenters. The molecule has 0 fully saturated rings. The van der Waals surface area contributed by atoms with E-state index in [1.807, 2.05) is 13.8 Å². The lowest BCUT2D eigenvalue weighted by atomic mass is 10.2. The van der Waals surface area contributed by atoms with Crippen molar-refractivity contribution in [2.75, 3.05) is 33.1 Å². The summed E-state index contributed by atoms with van der Waals surface area (Å²) in [5.74, 6) is 0.637. The molecule has 130 valence electrons. The van der Waals surface area contributed by atoms with Crippen LogP contribution in [0.2, 0.25) is 0 Å². The second-order valence-electron chi connectivity index (χ2n) is 5.42. The van der Waals surface area contributed by atoms with Crippen LogP contribution >= 0.6 is 0 Å². The van der Waals surface area contributed by atoms with E-state index in [4.69, 9.17) is 9.47 Å². The first kappa shape index (κ1) is 19.2. The molecule has 0 heterocycles. The van der Waals surface area contributed by atoms with Crippen molar-refractivity contribution in [2.24, 2.45) is 5.92 Å². The average Bonchev–Trinajstić information content (AvgIpc) is 2.52. The number of hydrogen-bond donors (Lipinski definition) is 2. The number of nitrogens with one attached hydrogen (secondary N) is 2. The van der Waals surface area contributed by atoms with Crippen LogP contribution in [0, 0.1) is 5.92 Å². The zero-order valence-electron chi connectivity index (χ0n) is 13.9. The molecule has 0 aliphatic heterocycles. The van der Waals surface area contributed by atoms with Crippen molar-refractivity contribution in [2.45, 2.75) is 13.8 Å². The lowest BCUT2D eigenvalue weighted by Crippen LogP contribution is -2.35. The van der Waals surface area contributed by atoms with E-state index in [2.05, 4.69) is 10.0 Å². The highest BCUT2D eigenvalue weighted by atomic mass is 32.2. The second-order valence-corrected chi connectivity index (χ2v) is 7.34. The molecule has 1 aromatic rings. The first-order valence-corrected chi connectivity index (χ1v) is 8.91. The van der Waals surface area contributed by atoms with Crippen LogP contribution < -0.4 is 19.5 Å². The number of carbonyl (C=O) groups excluding carboxylic acids is 1. The number of sulfonamides is 1. The van der Waals surface area contributed by atoms with Crippen LogP contribution in [0.25, 0.3) is 0 Å². The Hall–Kier alpha value is -1.80. The van der Waals surface area contributed by atoms with Crippen LogP contribution in [0.15, 0.2) is 18.2 Å². The summed E-state index contributed by atoms with van der Waals surface area (Å²) >= 11 is 0. The number of rotatable bonds is 9. The lowest BCUT2D eigenvalue weighted by Gasteiger charge is -2.11. The number of carbonyl (C=O) groups is 1. The van der Waals surface area contributed by atoms with Gasteiger partial charge in [-0.3, -0.25) is 4.79 Å². The quantitative estimate of drug-likeness (QED) is 0.697. The Balaban J connectivity index is 2.60. The number of benzene rings is 1. The molecule has 0 atom stereocenters. The third-order valence-corrected chi connectivity index (χ3v) is 4.33. The van der Waals surface area contributed by atoms with Gasteiger partial charge in [0.25, 0.3) is 5.91 Å². The Bertz CT molecular complexity index is 607. The molecule has 1 rings (SSSR count). The molecule has 0 aliphatic carbocycles. The van der Waals surface area contributed by atoms with E-state index < -0.39 is 10.0 Å². The summed E-state index contributed by atoms with van der Waals surface area (Å²) < 4.78 is 36.2. The first-order chi connectivity index (χ1) is 10.8. The normalized spacial score (nSPS) is 11.3. The molecule has 2 N–H and O–H groups in total. The second kappa shape index (κ2) is 8.73. The van der Waals surface area contributed by atoms with E-state index in [0.29, 0.717) is 23.6 Å². The van der Waals surface area contributed by atoms with Gasteiger partial charge in [0.2, 0.25) is 10.0 Å². The Morgan fingerprint density at radius 3 is 2.17 bits per heavy atom. The van der Waals surface area contributed by atoms with Crippen LogP contribution in [0.4, 0.5) is 0 Å². The van der Waals surface area contributed by atoms with Crippen molar-refractivity contribution in [1.29, 1.82) is 0 Å².